The van der Waals surface area contributed by atoms with Crippen molar-refractivity contribution in [3.8, 4) is 11.5 Å². The molecule has 0 bridgehead atoms. The first-order chi connectivity index (χ1) is 12.6. The second-order valence-electron chi connectivity index (χ2n) is 6.31. The lowest BCUT2D eigenvalue weighted by Gasteiger charge is -2.39. The number of carbonyl (C=O) groups is 1. The topological polar surface area (TPSA) is 81.5 Å². The number of nitrogens with one attached hydrogen (secondary N) is 1. The van der Waals surface area contributed by atoms with Crippen LogP contribution in [0.3, 0.4) is 0 Å². The van der Waals surface area contributed by atoms with Crippen LogP contribution < -0.4 is 14.8 Å². The van der Waals surface area contributed by atoms with Gasteiger partial charge in [0.25, 0.3) is 0 Å². The SMILES string of the molecule is CCCn1ncnc1C(C)NC(=O)N1CC(Oc2ccccc2OC)C1. The number of hydrogen-bond donors (Lipinski definition) is 1. The van der Waals surface area contributed by atoms with Crippen molar-refractivity contribution in [2.45, 2.75) is 39.0 Å². The fraction of sp³-hybridized carbons (Fsp3) is 0.500. The fourth-order valence-corrected chi connectivity index (χ4v) is 2.91. The first-order valence-electron chi connectivity index (χ1n) is 8.85. The third kappa shape index (κ3) is 3.89. The average molecular weight is 359 g/mol. The number of methoxy groups -OCH3 is 1. The minimum Gasteiger partial charge on any atom is -0.493 e. The van der Waals surface area contributed by atoms with E-state index in [-0.39, 0.29) is 18.2 Å². The van der Waals surface area contributed by atoms with Crippen molar-refractivity contribution >= 4 is 6.03 Å². The Hall–Kier alpha value is -2.77. The van der Waals surface area contributed by atoms with Crippen molar-refractivity contribution in [2.24, 2.45) is 0 Å². The van der Waals surface area contributed by atoms with Crippen LogP contribution in [0.2, 0.25) is 0 Å². The molecule has 26 heavy (non-hydrogen) atoms. The summed E-state index contributed by atoms with van der Waals surface area (Å²) in [5.41, 5.74) is 0. The van der Waals surface area contributed by atoms with Crippen LogP contribution in [0, 0.1) is 0 Å². The van der Waals surface area contributed by atoms with Gasteiger partial charge in [-0.25, -0.2) is 14.5 Å². The molecule has 1 N–H and O–H groups in total. The quantitative estimate of drug-likeness (QED) is 0.820. The highest BCUT2D eigenvalue weighted by Crippen LogP contribution is 2.28. The number of aromatic nitrogens is 3. The van der Waals surface area contributed by atoms with E-state index in [1.54, 1.807) is 12.0 Å². The molecule has 0 saturated carbocycles. The largest absolute Gasteiger partial charge is 0.493 e. The third-order valence-electron chi connectivity index (χ3n) is 4.31. The van der Waals surface area contributed by atoms with Crippen molar-refractivity contribution in [3.63, 3.8) is 0 Å². The number of ether oxygens (including phenoxy) is 2. The predicted octanol–water partition coefficient (Wildman–Crippen LogP) is 2.23. The van der Waals surface area contributed by atoms with Crippen molar-refractivity contribution < 1.29 is 14.3 Å². The van der Waals surface area contributed by atoms with Crippen molar-refractivity contribution in [1.82, 2.24) is 25.0 Å². The molecule has 1 aliphatic heterocycles. The molecule has 8 heteroatoms. The van der Waals surface area contributed by atoms with E-state index in [1.807, 2.05) is 35.9 Å². The third-order valence-corrected chi connectivity index (χ3v) is 4.31. The molecule has 1 aromatic heterocycles. The molecule has 1 aromatic carbocycles. The Balaban J connectivity index is 1.49. The summed E-state index contributed by atoms with van der Waals surface area (Å²) >= 11 is 0. The van der Waals surface area contributed by atoms with E-state index in [0.29, 0.717) is 24.6 Å². The van der Waals surface area contributed by atoms with Gasteiger partial charge in [-0.05, 0) is 25.5 Å². The van der Waals surface area contributed by atoms with E-state index in [2.05, 4.69) is 22.3 Å². The van der Waals surface area contributed by atoms with Gasteiger partial charge in [0.1, 0.15) is 18.3 Å². The summed E-state index contributed by atoms with van der Waals surface area (Å²) in [6.45, 7) is 5.86. The standard InChI is InChI=1S/C18H25N5O3/c1-4-9-23-17(19-12-20-23)13(2)21-18(24)22-10-14(11-22)26-16-8-6-5-7-15(16)25-3/h5-8,12-14H,4,9-11H2,1-3H3,(H,21,24). The van der Waals surface area contributed by atoms with Crippen molar-refractivity contribution in [1.29, 1.82) is 0 Å². The van der Waals surface area contributed by atoms with Gasteiger partial charge >= 0.3 is 6.03 Å². The molecule has 1 unspecified atom stereocenters. The van der Waals surface area contributed by atoms with Crippen LogP contribution in [0.4, 0.5) is 4.79 Å². The molecular formula is C18H25N5O3. The molecule has 2 heterocycles. The Morgan fingerprint density at radius 3 is 2.77 bits per heavy atom. The smallest absolute Gasteiger partial charge is 0.318 e. The van der Waals surface area contributed by atoms with E-state index in [1.165, 1.54) is 6.33 Å². The Morgan fingerprint density at radius 1 is 1.35 bits per heavy atom. The molecule has 3 rings (SSSR count). The monoisotopic (exact) mass is 359 g/mol. The maximum atomic E-state index is 12.4. The van der Waals surface area contributed by atoms with Gasteiger partial charge in [-0.1, -0.05) is 19.1 Å². The summed E-state index contributed by atoms with van der Waals surface area (Å²) in [7, 11) is 1.61. The second kappa shape index (κ2) is 8.07. The maximum absolute atomic E-state index is 12.4. The van der Waals surface area contributed by atoms with Crippen LogP contribution in [-0.4, -0.2) is 52.0 Å². The van der Waals surface area contributed by atoms with Gasteiger partial charge in [0.05, 0.1) is 26.2 Å². The van der Waals surface area contributed by atoms with E-state index >= 15 is 0 Å². The summed E-state index contributed by atoms with van der Waals surface area (Å²) in [6, 6.07) is 7.19. The van der Waals surface area contributed by atoms with Crippen molar-refractivity contribution in [3.05, 3.63) is 36.4 Å². The molecule has 0 radical (unpaired) electrons. The first-order valence-corrected chi connectivity index (χ1v) is 8.85. The predicted molar refractivity (Wildman–Crippen MR) is 96.2 cm³/mol. The number of nitrogens with zero attached hydrogens (tertiary/aromatic N) is 4. The molecule has 1 saturated heterocycles. The summed E-state index contributed by atoms with van der Waals surface area (Å²) in [6.07, 6.45) is 2.45. The van der Waals surface area contributed by atoms with Gasteiger partial charge in [-0.15, -0.1) is 0 Å². The zero-order valence-corrected chi connectivity index (χ0v) is 15.4. The number of carbonyl (C=O) groups excluding carboxylic acids is 1. The summed E-state index contributed by atoms with van der Waals surface area (Å²) in [4.78, 5) is 18.4. The Kier molecular flexibility index (Phi) is 5.60. The molecule has 8 nitrogen and oxygen atoms in total. The number of benzene rings is 1. The average Bonchev–Trinajstić information content (AvgIpc) is 3.06. The minimum absolute atomic E-state index is 0.0314. The lowest BCUT2D eigenvalue weighted by molar-refractivity contribution is 0.0417. The number of likely N-dealkylation sites (tertiary alicyclic amines) is 1. The Labute approximate surface area is 153 Å². The van der Waals surface area contributed by atoms with Crippen LogP contribution in [-0.2, 0) is 6.54 Å². The number of para-hydroxylation sites is 2. The van der Waals surface area contributed by atoms with E-state index < -0.39 is 0 Å². The summed E-state index contributed by atoms with van der Waals surface area (Å²) < 4.78 is 13.0. The van der Waals surface area contributed by atoms with E-state index in [9.17, 15) is 4.79 Å². The van der Waals surface area contributed by atoms with Gasteiger partial charge in [-0.2, -0.15) is 5.10 Å². The minimum atomic E-state index is -0.203. The number of aryl methyl sites for hydroxylation is 1. The van der Waals surface area contributed by atoms with Gasteiger partial charge in [-0.3, -0.25) is 0 Å². The summed E-state index contributed by atoms with van der Waals surface area (Å²) in [5.74, 6) is 2.16. The molecule has 1 fully saturated rings. The van der Waals surface area contributed by atoms with Crippen LogP contribution in [0.25, 0.3) is 0 Å². The summed E-state index contributed by atoms with van der Waals surface area (Å²) in [5, 5.41) is 7.17. The molecule has 140 valence electrons. The molecule has 2 aromatic rings. The lowest BCUT2D eigenvalue weighted by Crippen LogP contribution is -2.59. The van der Waals surface area contributed by atoms with Gasteiger partial charge < -0.3 is 19.7 Å². The molecule has 1 aliphatic rings. The Morgan fingerprint density at radius 2 is 2.08 bits per heavy atom. The highest BCUT2D eigenvalue weighted by Gasteiger charge is 2.33. The number of rotatable bonds is 7. The van der Waals surface area contributed by atoms with Crippen molar-refractivity contribution in [2.75, 3.05) is 20.2 Å². The van der Waals surface area contributed by atoms with Crippen LogP contribution in [0.15, 0.2) is 30.6 Å². The van der Waals surface area contributed by atoms with Gasteiger partial charge in [0, 0.05) is 6.54 Å². The molecule has 0 aliphatic carbocycles. The van der Waals surface area contributed by atoms with E-state index in [4.69, 9.17) is 9.47 Å². The van der Waals surface area contributed by atoms with Crippen LogP contribution in [0.1, 0.15) is 32.1 Å². The van der Waals surface area contributed by atoms with Crippen LogP contribution in [0.5, 0.6) is 11.5 Å². The zero-order chi connectivity index (χ0) is 18.5. The van der Waals surface area contributed by atoms with Gasteiger partial charge in [0.2, 0.25) is 0 Å². The maximum Gasteiger partial charge on any atom is 0.318 e. The van der Waals surface area contributed by atoms with E-state index in [0.717, 1.165) is 18.8 Å². The molecule has 0 spiro atoms. The molecular weight excluding hydrogens is 334 g/mol. The first kappa shape index (κ1) is 18.0. The fourth-order valence-electron chi connectivity index (χ4n) is 2.91. The van der Waals surface area contributed by atoms with Crippen LogP contribution >= 0.6 is 0 Å². The molecule has 2 amide bonds. The van der Waals surface area contributed by atoms with Gasteiger partial charge in [0.15, 0.2) is 11.5 Å². The highest BCUT2D eigenvalue weighted by molar-refractivity contribution is 5.75. The normalized spacial score (nSPS) is 15.3. The number of amides is 2. The second-order valence-corrected chi connectivity index (χ2v) is 6.31. The number of urea groups is 1. The number of hydrogen-bond acceptors (Lipinski definition) is 5. The zero-order valence-electron chi connectivity index (χ0n) is 15.4. The Bertz CT molecular complexity index is 742. The lowest BCUT2D eigenvalue weighted by atomic mass is 10.1. The molecule has 1 atom stereocenters. The highest BCUT2D eigenvalue weighted by atomic mass is 16.5.